The molecular weight excluding hydrogens is 14200 g/mol. The second-order valence-corrected chi connectivity index (χ2v) is 0. The van der Waals surface area contributed by atoms with Gasteiger partial charge in [0.15, 0.2) is 0 Å². The van der Waals surface area contributed by atoms with E-state index in [1.54, 1.807) is 0 Å². The van der Waals surface area contributed by atoms with Crippen LogP contribution in [0.25, 0.3) is 0 Å². The molecule has 0 unspecified atom stereocenters. The van der Waals surface area contributed by atoms with Crippen molar-refractivity contribution in [2.75, 3.05) is 0 Å². The molecule has 102 heteroatoms. The summed E-state index contributed by atoms with van der Waals surface area (Å²) in [6.07, 6.45) is 0. The van der Waals surface area contributed by atoms with Gasteiger partial charge in [0.2, 0.25) is 0 Å². The van der Waals surface area contributed by atoms with Crippen LogP contribution in [0.5, 0.6) is 0 Å². The largest absolute Gasteiger partial charge is 0 e. The maximum absolute atomic E-state index is 0. The Balaban J connectivity index is 0. The Bertz CT molecular complexity index is 0. The molecule has 0 aromatic heterocycles. The minimum Gasteiger partial charge on any atom is 0 e. The SMILES string of the molecule is [La].[La].[La].[La].[La].[La].[La].[La].[La].[La].[La].[La].[La].[La].[La].[La].[La].[La].[La].[La].[La].[La].[La].[La].[La].[La].[La].[La].[La].[La].[La].[La].[La].[La].[La].[La].[La].[La].[La].[La].[La].[La].[La].[La].[La].[La].[La].[La].[La].[La].[La].[La].[La].[La].[La].[La].[La].[La].[La].[La].[La].[La].[La].[La].[La].[La].[La].[La].[La].[La].[La].[La].[La].[La].[La].[La].[La].[La].[La].[La].[La].[La].[La].[La].[La].[La].[La].[La].[La].[La].[La].[La].[La].[La].[La].[La].[La].[La].[La].[La].[La].[La]. The third kappa shape index (κ3) is 729. The topological polar surface area (TPSA) is 0 Å². The van der Waals surface area contributed by atoms with Gasteiger partial charge in [0.05, 0.1) is 0 Å². The van der Waals surface area contributed by atoms with Crippen molar-refractivity contribution in [3.05, 3.63) is 0 Å². The van der Waals surface area contributed by atoms with Gasteiger partial charge in [-0.2, -0.15) is 0 Å². The molecule has 0 bridgehead atoms. The van der Waals surface area contributed by atoms with Crippen LogP contribution in [0.15, 0.2) is 0 Å². The van der Waals surface area contributed by atoms with Gasteiger partial charge in [-0.3, -0.25) is 0 Å². The first-order valence-corrected chi connectivity index (χ1v) is 0. The molecule has 0 nitrogen and oxygen atoms in total. The number of hydrogen-bond acceptors (Lipinski definition) is 0. The minimum absolute atomic E-state index is 0. The summed E-state index contributed by atoms with van der Waals surface area (Å²) in [5.74, 6) is 0. The van der Waals surface area contributed by atoms with E-state index >= 15 is 0 Å². The summed E-state index contributed by atoms with van der Waals surface area (Å²) in [5, 5.41) is 0. The van der Waals surface area contributed by atoms with Crippen LogP contribution < -0.4 is 0 Å². The van der Waals surface area contributed by atoms with Gasteiger partial charge in [0.25, 0.3) is 0 Å². The molecule has 0 aromatic rings. The van der Waals surface area contributed by atoms with Gasteiger partial charge >= 0.3 is 0 Å². The summed E-state index contributed by atoms with van der Waals surface area (Å²) in [7, 11) is 0. The van der Waals surface area contributed by atoms with Crippen molar-refractivity contribution < 1.29 is 3630 Å². The van der Waals surface area contributed by atoms with E-state index in [4.69, 9.17) is 0 Å². The molecule has 0 aliphatic heterocycles. The maximum Gasteiger partial charge on any atom is 0 e. The van der Waals surface area contributed by atoms with E-state index in [9.17, 15) is 0 Å². The summed E-state index contributed by atoms with van der Waals surface area (Å²) in [4.78, 5) is 0. The van der Waals surface area contributed by atoms with Crippen molar-refractivity contribution in [2.24, 2.45) is 0 Å². The Hall–Kier alpha value is 122. The third-order valence-electron chi connectivity index (χ3n) is 0. The second-order valence-electron chi connectivity index (χ2n) is 0. The Morgan fingerprint density at radius 1 is 0.00980 bits per heavy atom. The van der Waals surface area contributed by atoms with Crippen LogP contribution in [-0.4, -0.2) is 0 Å². The molecule has 0 rings (SSSR count). The van der Waals surface area contributed by atoms with E-state index in [-0.39, 0.29) is 3630 Å². The van der Waals surface area contributed by atoms with Crippen molar-refractivity contribution >= 4 is 0 Å². The van der Waals surface area contributed by atoms with E-state index in [1.807, 2.05) is 0 Å². The average Bonchev–Trinajstić information content (AvgIpc) is 0. The quantitative estimate of drug-likeness (QED) is 0.321. The fraction of sp³-hybridized carbons (Fsp3) is 0. The molecule has 0 spiro atoms. The number of hydrogen-bond donors (Lipinski definition) is 0. The monoisotopic (exact) mass is 14200 g/mol. The Morgan fingerprint density at radius 3 is 0.00980 bits per heavy atom. The fourth-order valence-corrected chi connectivity index (χ4v) is 0. The van der Waals surface area contributed by atoms with Gasteiger partial charge in [-0.1, -0.05) is 0 Å². The smallest absolute Gasteiger partial charge is 0 e. The van der Waals surface area contributed by atoms with Gasteiger partial charge in [-0.05, 0) is 0 Å². The van der Waals surface area contributed by atoms with Gasteiger partial charge in [0.1, 0.15) is 0 Å². The molecule has 0 heterocycles. The maximum atomic E-state index is 0. The van der Waals surface area contributed by atoms with E-state index in [0.29, 0.717) is 0 Å². The van der Waals surface area contributed by atoms with Crippen molar-refractivity contribution in [3.63, 3.8) is 0 Å². The van der Waals surface area contributed by atoms with E-state index < -0.39 is 0 Å². The molecule has 0 fully saturated rings. The zero-order valence-corrected chi connectivity index (χ0v) is 429. The standard InChI is InChI=1S/102La. The van der Waals surface area contributed by atoms with Gasteiger partial charge in [-0.25, -0.2) is 0 Å². The van der Waals surface area contributed by atoms with E-state index in [2.05, 4.69) is 0 Å². The summed E-state index contributed by atoms with van der Waals surface area (Å²) >= 11 is 0. The molecule has 306 valence electrons. The molecule has 0 aromatic carbocycles. The zero-order chi connectivity index (χ0) is 0. The normalized spacial score (nSPS) is 0. The first kappa shape index (κ1) is 749. The number of rotatable bonds is 0. The first-order valence-electron chi connectivity index (χ1n) is 0. The Labute approximate surface area is 3480 Å². The second kappa shape index (κ2) is 739. The van der Waals surface area contributed by atoms with Crippen LogP contribution in [0.1, 0.15) is 0 Å². The molecule has 0 aliphatic rings. The third-order valence-corrected chi connectivity index (χ3v) is 0. The predicted molar refractivity (Wildman–Crippen MR) is 0 cm³/mol. The van der Waals surface area contributed by atoms with Crippen molar-refractivity contribution in [3.8, 4) is 0 Å². The van der Waals surface area contributed by atoms with Crippen LogP contribution >= 0.6 is 0 Å². The van der Waals surface area contributed by atoms with Gasteiger partial charge < -0.3 is 0 Å². The summed E-state index contributed by atoms with van der Waals surface area (Å²) in [6.45, 7) is 0. The van der Waals surface area contributed by atoms with E-state index in [0.717, 1.165) is 0 Å². The molecule has 0 saturated heterocycles. The summed E-state index contributed by atoms with van der Waals surface area (Å²) in [5.41, 5.74) is 0. The fourth-order valence-electron chi connectivity index (χ4n) is 0. The van der Waals surface area contributed by atoms with Crippen LogP contribution in [0.4, 0.5) is 0 Å². The van der Waals surface area contributed by atoms with Crippen LogP contribution in [-0.2, 0) is 0 Å². The minimum atomic E-state index is 0. The van der Waals surface area contributed by atoms with Crippen molar-refractivity contribution in [1.82, 2.24) is 0 Å². The Morgan fingerprint density at radius 2 is 0.00980 bits per heavy atom. The molecule has 0 N–H and O–H groups in total. The van der Waals surface area contributed by atoms with Crippen LogP contribution in [0, 0.1) is 3630 Å². The van der Waals surface area contributed by atoms with Gasteiger partial charge in [-0.15, -0.1) is 0 Å². The van der Waals surface area contributed by atoms with Crippen molar-refractivity contribution in [2.45, 2.75) is 0 Å². The van der Waals surface area contributed by atoms with Crippen LogP contribution in [0.3, 0.4) is 0 Å². The Kier molecular flexibility index (Phi) is 5420. The zero-order valence-electron chi connectivity index (χ0n) is 58.9. The summed E-state index contributed by atoms with van der Waals surface area (Å²) in [6, 6.07) is 0. The predicted octanol–water partition coefficient (Wildman–Crippen LogP) is 0. The molecule has 102 heavy (non-hydrogen) atoms. The molecule has 0 amide bonds. The van der Waals surface area contributed by atoms with E-state index in [1.165, 1.54) is 0 Å². The molecule has 0 atom stereocenters. The molecule has 102 radical (unpaired) electrons. The van der Waals surface area contributed by atoms with Crippen molar-refractivity contribution in [1.29, 1.82) is 0 Å². The molecule has 0 saturated carbocycles. The average molecular weight is 14200 g/mol. The van der Waals surface area contributed by atoms with Gasteiger partial charge in [0, 0.05) is 3630 Å². The molecule has 0 aliphatic carbocycles. The first-order chi connectivity index (χ1) is 0. The molecular formula is La102. The summed E-state index contributed by atoms with van der Waals surface area (Å²) < 4.78 is 0. The van der Waals surface area contributed by atoms with Crippen LogP contribution in [0.2, 0.25) is 0 Å².